The zero-order valence-corrected chi connectivity index (χ0v) is 11.8. The molecule has 0 heterocycles. The first-order chi connectivity index (χ1) is 8.85. The topological polar surface area (TPSA) is 139 Å². The Kier molecular flexibility index (Phi) is 12.3. The van der Waals surface area contributed by atoms with Gasteiger partial charge in [0.05, 0.1) is 26.2 Å². The molecular formula is C10H18FeN2O7. The maximum Gasteiger partial charge on any atom is 0.317 e. The van der Waals surface area contributed by atoms with Crippen LogP contribution in [0.15, 0.2) is 0 Å². The van der Waals surface area contributed by atoms with Gasteiger partial charge in [-0.25, -0.2) is 0 Å². The Hall–Kier alpha value is -1.19. The molecule has 0 aliphatic heterocycles. The van der Waals surface area contributed by atoms with Crippen molar-refractivity contribution in [2.45, 2.75) is 0 Å². The van der Waals surface area contributed by atoms with Crippen LogP contribution in [0.5, 0.6) is 0 Å². The summed E-state index contributed by atoms with van der Waals surface area (Å²) in [5.41, 5.74) is 0. The molecule has 0 aliphatic carbocycles. The fraction of sp³-hybridized carbons (Fsp3) is 0.700. The van der Waals surface area contributed by atoms with E-state index in [0.29, 0.717) is 0 Å². The van der Waals surface area contributed by atoms with Gasteiger partial charge in [0.25, 0.3) is 0 Å². The predicted molar refractivity (Wildman–Crippen MR) is 62.9 cm³/mol. The SMILES string of the molecule is O=C(O)CN(CCO)CCN(CC(=O)O)CC(=O)O.[Fe]. The largest absolute Gasteiger partial charge is 0.480 e. The first kappa shape index (κ1) is 21.1. The summed E-state index contributed by atoms with van der Waals surface area (Å²) in [6, 6.07) is 0. The number of aliphatic carboxylic acids is 3. The van der Waals surface area contributed by atoms with Crippen molar-refractivity contribution in [2.24, 2.45) is 0 Å². The van der Waals surface area contributed by atoms with Crippen LogP contribution in [0.4, 0.5) is 0 Å². The van der Waals surface area contributed by atoms with Gasteiger partial charge in [0.1, 0.15) is 0 Å². The third-order valence-corrected chi connectivity index (χ3v) is 2.23. The number of carboxylic acids is 3. The van der Waals surface area contributed by atoms with E-state index in [4.69, 9.17) is 20.4 Å². The molecule has 0 atom stereocenters. The molecule has 4 N–H and O–H groups in total. The smallest absolute Gasteiger partial charge is 0.317 e. The summed E-state index contributed by atoms with van der Waals surface area (Å²) in [7, 11) is 0. The van der Waals surface area contributed by atoms with E-state index >= 15 is 0 Å². The zero-order valence-electron chi connectivity index (χ0n) is 10.7. The molecule has 0 radical (unpaired) electrons. The zero-order chi connectivity index (χ0) is 14.8. The molecule has 118 valence electrons. The second-order valence-corrected chi connectivity index (χ2v) is 3.89. The molecule has 0 aromatic rings. The fourth-order valence-electron chi connectivity index (χ4n) is 1.48. The first-order valence-corrected chi connectivity index (χ1v) is 5.56. The fourth-order valence-corrected chi connectivity index (χ4v) is 1.48. The van der Waals surface area contributed by atoms with Crippen molar-refractivity contribution in [3.05, 3.63) is 0 Å². The molecule has 0 aliphatic rings. The van der Waals surface area contributed by atoms with Crippen LogP contribution in [0.2, 0.25) is 0 Å². The van der Waals surface area contributed by atoms with E-state index in [1.165, 1.54) is 9.80 Å². The second kappa shape index (κ2) is 11.6. The number of hydrogen-bond acceptors (Lipinski definition) is 6. The molecule has 0 unspecified atom stereocenters. The van der Waals surface area contributed by atoms with Crippen LogP contribution in [0.3, 0.4) is 0 Å². The van der Waals surface area contributed by atoms with Gasteiger partial charge in [-0.2, -0.15) is 0 Å². The minimum atomic E-state index is -1.16. The molecular weight excluding hydrogens is 316 g/mol. The van der Waals surface area contributed by atoms with E-state index in [1.54, 1.807) is 0 Å². The van der Waals surface area contributed by atoms with Crippen LogP contribution < -0.4 is 0 Å². The van der Waals surface area contributed by atoms with Crippen LogP contribution in [-0.4, -0.2) is 94.0 Å². The van der Waals surface area contributed by atoms with Crippen molar-refractivity contribution < 1.29 is 51.9 Å². The van der Waals surface area contributed by atoms with Gasteiger partial charge in [0.2, 0.25) is 0 Å². The van der Waals surface area contributed by atoms with Gasteiger partial charge in [-0.05, 0) is 0 Å². The molecule has 10 heteroatoms. The maximum absolute atomic E-state index is 10.6. The monoisotopic (exact) mass is 334 g/mol. The van der Waals surface area contributed by atoms with Crippen molar-refractivity contribution in [1.82, 2.24) is 9.80 Å². The molecule has 20 heavy (non-hydrogen) atoms. The minimum absolute atomic E-state index is 0. The average molecular weight is 334 g/mol. The van der Waals surface area contributed by atoms with Crippen molar-refractivity contribution in [2.75, 3.05) is 45.9 Å². The summed E-state index contributed by atoms with van der Waals surface area (Å²) >= 11 is 0. The predicted octanol–water partition coefficient (Wildman–Crippen LogP) is -2.17. The van der Waals surface area contributed by atoms with Crippen LogP contribution >= 0.6 is 0 Å². The van der Waals surface area contributed by atoms with E-state index < -0.39 is 31.0 Å². The van der Waals surface area contributed by atoms with Crippen LogP contribution in [-0.2, 0) is 31.5 Å². The van der Waals surface area contributed by atoms with Crippen LogP contribution in [0.25, 0.3) is 0 Å². The van der Waals surface area contributed by atoms with E-state index in [1.807, 2.05) is 0 Å². The summed E-state index contributed by atoms with van der Waals surface area (Å²) in [4.78, 5) is 34.3. The molecule has 9 nitrogen and oxygen atoms in total. The number of aliphatic hydroxyl groups is 1. The van der Waals surface area contributed by atoms with Crippen molar-refractivity contribution >= 4 is 17.9 Å². The number of carbonyl (C=O) groups is 3. The van der Waals surface area contributed by atoms with Gasteiger partial charge in [-0.1, -0.05) is 0 Å². The Labute approximate surface area is 126 Å². The number of rotatable bonds is 11. The number of aliphatic hydroxyl groups excluding tert-OH is 1. The number of nitrogens with zero attached hydrogens (tertiary/aromatic N) is 2. The normalized spacial score (nSPS) is 10.3. The third kappa shape index (κ3) is 11.9. The summed E-state index contributed by atoms with van der Waals surface area (Å²) in [5, 5.41) is 34.7. The van der Waals surface area contributed by atoms with E-state index in [-0.39, 0.29) is 49.9 Å². The maximum atomic E-state index is 10.6. The van der Waals surface area contributed by atoms with Gasteiger partial charge >= 0.3 is 17.9 Å². The number of hydrogen-bond donors (Lipinski definition) is 4. The van der Waals surface area contributed by atoms with E-state index in [9.17, 15) is 14.4 Å². The Bertz CT molecular complexity index is 311. The van der Waals surface area contributed by atoms with Crippen LogP contribution in [0.1, 0.15) is 0 Å². The molecule has 0 bridgehead atoms. The van der Waals surface area contributed by atoms with E-state index in [2.05, 4.69) is 0 Å². The number of carboxylic acid groups (broad SMARTS) is 3. The third-order valence-electron chi connectivity index (χ3n) is 2.23. The first-order valence-electron chi connectivity index (χ1n) is 5.56. The average Bonchev–Trinajstić information content (AvgIpc) is 2.23. The van der Waals surface area contributed by atoms with Crippen molar-refractivity contribution in [1.29, 1.82) is 0 Å². The van der Waals surface area contributed by atoms with Crippen molar-refractivity contribution in [3.63, 3.8) is 0 Å². The Morgan fingerprint density at radius 2 is 1.05 bits per heavy atom. The summed E-state index contributed by atoms with van der Waals surface area (Å²) in [6.07, 6.45) is 0. The Balaban J connectivity index is 0. The van der Waals surface area contributed by atoms with Gasteiger partial charge in [0, 0.05) is 36.7 Å². The van der Waals surface area contributed by atoms with E-state index in [0.717, 1.165) is 0 Å². The van der Waals surface area contributed by atoms with Crippen LogP contribution in [0, 0.1) is 0 Å². The quantitative estimate of drug-likeness (QED) is 0.311. The summed E-state index contributed by atoms with van der Waals surface area (Å²) in [6.45, 7) is -1.03. The van der Waals surface area contributed by atoms with Crippen molar-refractivity contribution in [3.8, 4) is 0 Å². The molecule has 0 rings (SSSR count). The van der Waals surface area contributed by atoms with Gasteiger partial charge < -0.3 is 20.4 Å². The molecule has 0 spiro atoms. The van der Waals surface area contributed by atoms with Gasteiger partial charge in [-0.3, -0.25) is 24.2 Å². The molecule has 0 aromatic carbocycles. The Morgan fingerprint density at radius 1 is 0.700 bits per heavy atom. The summed E-state index contributed by atoms with van der Waals surface area (Å²) in [5.74, 6) is -3.39. The molecule has 0 saturated carbocycles. The second-order valence-electron chi connectivity index (χ2n) is 3.89. The molecule has 0 saturated heterocycles. The Morgan fingerprint density at radius 3 is 1.40 bits per heavy atom. The molecule has 0 fully saturated rings. The summed E-state index contributed by atoms with van der Waals surface area (Å²) < 4.78 is 0. The standard InChI is InChI=1S/C10H18N2O7.Fe/c13-4-3-11(5-8(14)15)1-2-12(6-9(16)17)7-10(18)19;/h13H,1-7H2,(H,14,15)(H,16,17)(H,18,19);. The minimum Gasteiger partial charge on any atom is -0.480 e. The molecule has 0 aromatic heterocycles. The molecule has 0 amide bonds. The van der Waals surface area contributed by atoms with Gasteiger partial charge in [-0.15, -0.1) is 0 Å². The van der Waals surface area contributed by atoms with Gasteiger partial charge in [0.15, 0.2) is 0 Å².